The van der Waals surface area contributed by atoms with Gasteiger partial charge in [0.2, 0.25) is 0 Å². The van der Waals surface area contributed by atoms with Gasteiger partial charge in [0.25, 0.3) is 0 Å². The Labute approximate surface area is 107 Å². The average molecular weight is 238 g/mol. The third-order valence-electron chi connectivity index (χ3n) is 4.75. The van der Waals surface area contributed by atoms with Gasteiger partial charge in [-0.05, 0) is 58.5 Å². The van der Waals surface area contributed by atoms with Gasteiger partial charge in [-0.1, -0.05) is 19.8 Å². The van der Waals surface area contributed by atoms with Gasteiger partial charge in [-0.15, -0.1) is 0 Å². The first-order valence-corrected chi connectivity index (χ1v) is 7.80. The first-order valence-electron chi connectivity index (χ1n) is 7.80. The fourth-order valence-electron chi connectivity index (χ4n) is 3.71. The smallest absolute Gasteiger partial charge is 0.00954 e. The van der Waals surface area contributed by atoms with E-state index in [9.17, 15) is 0 Å². The lowest BCUT2D eigenvalue weighted by Gasteiger charge is -2.41. The van der Waals surface area contributed by atoms with Crippen LogP contribution in [0.15, 0.2) is 0 Å². The van der Waals surface area contributed by atoms with Crippen LogP contribution in [0.25, 0.3) is 0 Å². The van der Waals surface area contributed by atoms with Crippen LogP contribution >= 0.6 is 0 Å². The highest BCUT2D eigenvalue weighted by Gasteiger charge is 2.27. The molecular weight excluding hydrogens is 208 g/mol. The van der Waals surface area contributed by atoms with Crippen molar-refractivity contribution >= 4 is 0 Å². The van der Waals surface area contributed by atoms with Crippen LogP contribution < -0.4 is 5.32 Å². The molecule has 0 saturated carbocycles. The van der Waals surface area contributed by atoms with E-state index in [2.05, 4.69) is 24.1 Å². The summed E-state index contributed by atoms with van der Waals surface area (Å²) in [5.41, 5.74) is 0. The van der Waals surface area contributed by atoms with Crippen molar-refractivity contribution in [3.8, 4) is 0 Å². The number of nitrogens with zero attached hydrogens (tertiary/aromatic N) is 1. The second-order valence-corrected chi connectivity index (χ2v) is 6.03. The first kappa shape index (κ1) is 13.4. The van der Waals surface area contributed by atoms with Gasteiger partial charge in [0.15, 0.2) is 0 Å². The van der Waals surface area contributed by atoms with Crippen molar-refractivity contribution in [3.63, 3.8) is 0 Å². The minimum Gasteiger partial charge on any atom is -0.314 e. The van der Waals surface area contributed by atoms with Crippen LogP contribution in [0, 0.1) is 0 Å². The lowest BCUT2D eigenvalue weighted by Crippen LogP contribution is -2.48. The topological polar surface area (TPSA) is 15.3 Å². The Hall–Kier alpha value is -0.0800. The van der Waals surface area contributed by atoms with Crippen LogP contribution in [0.5, 0.6) is 0 Å². The Balaban J connectivity index is 1.82. The second-order valence-electron chi connectivity index (χ2n) is 6.03. The van der Waals surface area contributed by atoms with Crippen molar-refractivity contribution in [2.75, 3.05) is 13.1 Å². The number of likely N-dealkylation sites (tertiary alicyclic amines) is 1. The molecule has 2 nitrogen and oxygen atoms in total. The largest absolute Gasteiger partial charge is 0.314 e. The molecule has 0 bridgehead atoms. The van der Waals surface area contributed by atoms with Gasteiger partial charge >= 0.3 is 0 Å². The van der Waals surface area contributed by atoms with E-state index in [0.29, 0.717) is 0 Å². The first-order chi connectivity index (χ1) is 8.31. The summed E-state index contributed by atoms with van der Waals surface area (Å²) in [5, 5.41) is 3.70. The van der Waals surface area contributed by atoms with E-state index in [1.54, 1.807) is 0 Å². The highest BCUT2D eigenvalue weighted by Crippen LogP contribution is 2.24. The van der Waals surface area contributed by atoms with Crippen LogP contribution in [0.3, 0.4) is 0 Å². The predicted molar refractivity (Wildman–Crippen MR) is 74.4 cm³/mol. The second kappa shape index (κ2) is 6.75. The lowest BCUT2D eigenvalue weighted by atomic mass is 9.93. The van der Waals surface area contributed by atoms with Crippen molar-refractivity contribution in [2.45, 2.75) is 83.3 Å². The number of nitrogens with one attached hydrogen (secondary N) is 1. The summed E-state index contributed by atoms with van der Waals surface area (Å²) in [4.78, 5) is 2.79. The molecule has 2 rings (SSSR count). The third-order valence-corrected chi connectivity index (χ3v) is 4.75. The van der Waals surface area contributed by atoms with E-state index >= 15 is 0 Å². The summed E-state index contributed by atoms with van der Waals surface area (Å²) < 4.78 is 0. The highest BCUT2D eigenvalue weighted by molar-refractivity contribution is 4.84. The van der Waals surface area contributed by atoms with Gasteiger partial charge in [0, 0.05) is 18.1 Å². The molecule has 1 N–H and O–H groups in total. The maximum atomic E-state index is 3.70. The van der Waals surface area contributed by atoms with Crippen LogP contribution in [-0.4, -0.2) is 36.1 Å². The molecule has 0 radical (unpaired) electrons. The molecule has 0 spiro atoms. The summed E-state index contributed by atoms with van der Waals surface area (Å²) in [5.74, 6) is 0. The monoisotopic (exact) mass is 238 g/mol. The van der Waals surface area contributed by atoms with Gasteiger partial charge in [0.05, 0.1) is 0 Å². The van der Waals surface area contributed by atoms with E-state index in [1.807, 2.05) is 0 Å². The molecule has 0 aromatic carbocycles. The molecule has 0 aliphatic carbocycles. The Bertz CT molecular complexity index is 211. The molecule has 3 atom stereocenters. The number of hydrogen-bond acceptors (Lipinski definition) is 2. The summed E-state index contributed by atoms with van der Waals surface area (Å²) >= 11 is 0. The maximum absolute atomic E-state index is 3.70. The van der Waals surface area contributed by atoms with Crippen LogP contribution in [-0.2, 0) is 0 Å². The summed E-state index contributed by atoms with van der Waals surface area (Å²) in [6.07, 6.45) is 11.2. The molecule has 2 fully saturated rings. The lowest BCUT2D eigenvalue weighted by molar-refractivity contribution is 0.0872. The molecule has 3 unspecified atom stereocenters. The van der Waals surface area contributed by atoms with E-state index in [4.69, 9.17) is 0 Å². The normalized spacial score (nSPS) is 33.5. The van der Waals surface area contributed by atoms with Crippen LogP contribution in [0.2, 0.25) is 0 Å². The average Bonchev–Trinajstić information content (AvgIpc) is 2.40. The molecule has 2 heteroatoms. The Morgan fingerprint density at radius 3 is 2.71 bits per heavy atom. The molecule has 100 valence electrons. The number of rotatable bonds is 4. The van der Waals surface area contributed by atoms with E-state index in [1.165, 1.54) is 64.5 Å². The maximum Gasteiger partial charge on any atom is 0.00954 e. The fraction of sp³-hybridized carbons (Fsp3) is 1.00. The minimum atomic E-state index is 0.774. The highest BCUT2D eigenvalue weighted by atomic mass is 15.2. The van der Waals surface area contributed by atoms with Crippen molar-refractivity contribution in [2.24, 2.45) is 0 Å². The van der Waals surface area contributed by atoms with Crippen LogP contribution in [0.4, 0.5) is 0 Å². The van der Waals surface area contributed by atoms with Crippen LogP contribution in [0.1, 0.15) is 65.2 Å². The zero-order valence-corrected chi connectivity index (χ0v) is 11.8. The van der Waals surface area contributed by atoms with Gasteiger partial charge in [-0.3, -0.25) is 4.90 Å². The van der Waals surface area contributed by atoms with Gasteiger partial charge in [0.1, 0.15) is 0 Å². The summed E-state index contributed by atoms with van der Waals surface area (Å²) in [6.45, 7) is 7.39. The minimum absolute atomic E-state index is 0.774. The molecule has 2 aliphatic heterocycles. The molecular formula is C15H30N2. The Kier molecular flexibility index (Phi) is 5.30. The van der Waals surface area contributed by atoms with Crippen molar-refractivity contribution in [1.29, 1.82) is 0 Å². The number of piperidine rings is 2. The molecule has 0 aromatic heterocycles. The molecule has 2 heterocycles. The molecule has 0 aromatic rings. The quantitative estimate of drug-likeness (QED) is 0.809. The Morgan fingerprint density at radius 1 is 1.18 bits per heavy atom. The van der Waals surface area contributed by atoms with Crippen molar-refractivity contribution in [1.82, 2.24) is 10.2 Å². The number of hydrogen-bond donors (Lipinski definition) is 1. The van der Waals surface area contributed by atoms with Gasteiger partial charge in [-0.2, -0.15) is 0 Å². The SMILES string of the molecule is CCC1CCCCN1C(C)CC1CCCCN1. The zero-order valence-electron chi connectivity index (χ0n) is 11.8. The summed E-state index contributed by atoms with van der Waals surface area (Å²) in [6, 6.07) is 2.43. The third kappa shape index (κ3) is 3.69. The summed E-state index contributed by atoms with van der Waals surface area (Å²) in [7, 11) is 0. The Morgan fingerprint density at radius 2 is 2.00 bits per heavy atom. The molecule has 2 saturated heterocycles. The van der Waals surface area contributed by atoms with Crippen molar-refractivity contribution < 1.29 is 0 Å². The molecule has 0 amide bonds. The molecule has 2 aliphatic rings. The van der Waals surface area contributed by atoms with Gasteiger partial charge in [-0.25, -0.2) is 0 Å². The zero-order chi connectivity index (χ0) is 12.1. The van der Waals surface area contributed by atoms with E-state index < -0.39 is 0 Å². The van der Waals surface area contributed by atoms with E-state index in [-0.39, 0.29) is 0 Å². The van der Waals surface area contributed by atoms with Crippen molar-refractivity contribution in [3.05, 3.63) is 0 Å². The van der Waals surface area contributed by atoms with Gasteiger partial charge < -0.3 is 5.32 Å². The standard InChI is InChI=1S/C15H30N2/c1-3-15-9-5-7-11-17(15)13(2)12-14-8-4-6-10-16-14/h13-16H,3-12H2,1-2H3. The van der Waals surface area contributed by atoms with E-state index in [0.717, 1.165) is 18.1 Å². The predicted octanol–water partition coefficient (Wildman–Crippen LogP) is 3.17. The molecule has 17 heavy (non-hydrogen) atoms. The fourth-order valence-corrected chi connectivity index (χ4v) is 3.71.